The van der Waals surface area contributed by atoms with E-state index in [2.05, 4.69) is 5.32 Å². The molecule has 0 bridgehead atoms. The molecule has 1 atom stereocenters. The van der Waals surface area contributed by atoms with Crippen molar-refractivity contribution in [3.05, 3.63) is 0 Å². The first kappa shape index (κ1) is 18.2. The molecule has 2 aliphatic heterocycles. The number of likely N-dealkylation sites (N-methyl/N-ethyl adjacent to an activating group) is 1. The Hall–Kier alpha value is -1.63. The molecule has 0 radical (unpaired) electrons. The smallest absolute Gasteiger partial charge is 0.327 e. The van der Waals surface area contributed by atoms with Crippen LogP contribution in [0.15, 0.2) is 0 Å². The van der Waals surface area contributed by atoms with Gasteiger partial charge in [0.2, 0.25) is 5.91 Å². The van der Waals surface area contributed by atoms with Gasteiger partial charge in [0.25, 0.3) is 5.91 Å². The van der Waals surface area contributed by atoms with Crippen LogP contribution in [0.3, 0.4) is 0 Å². The van der Waals surface area contributed by atoms with Gasteiger partial charge in [-0.15, -0.1) is 0 Å². The molecule has 0 aromatic carbocycles. The molecule has 7 heteroatoms. The minimum Gasteiger partial charge on any atom is -0.341 e. The number of amides is 4. The average molecular weight is 350 g/mol. The Morgan fingerprint density at radius 1 is 1.20 bits per heavy atom. The molecular formula is C18H30N4O3. The standard InChI is InChI=1S/C18H30N4O3/c1-19-11-14-7-6-10-21(12-14)15(23)13-22-16(24)18(20(2)17(22)25)8-4-3-5-9-18/h14,19H,3-13H2,1-2H3. The minimum atomic E-state index is -0.702. The van der Waals surface area contributed by atoms with Crippen LogP contribution in [0.1, 0.15) is 44.9 Å². The maximum Gasteiger partial charge on any atom is 0.327 e. The van der Waals surface area contributed by atoms with Crippen LogP contribution < -0.4 is 5.32 Å². The second-order valence-electron chi connectivity index (χ2n) is 7.73. The van der Waals surface area contributed by atoms with Crippen molar-refractivity contribution in [2.24, 2.45) is 5.92 Å². The van der Waals surface area contributed by atoms with Gasteiger partial charge in [0.05, 0.1) is 0 Å². The third-order valence-electron chi connectivity index (χ3n) is 6.14. The summed E-state index contributed by atoms with van der Waals surface area (Å²) in [6, 6.07) is -0.316. The molecule has 2 heterocycles. The Balaban J connectivity index is 1.66. The highest BCUT2D eigenvalue weighted by Gasteiger charge is 2.56. The van der Waals surface area contributed by atoms with E-state index in [9.17, 15) is 14.4 Å². The Kier molecular flexibility index (Phi) is 5.32. The van der Waals surface area contributed by atoms with E-state index in [-0.39, 0.29) is 24.4 Å². The van der Waals surface area contributed by atoms with Crippen molar-refractivity contribution in [3.8, 4) is 0 Å². The summed E-state index contributed by atoms with van der Waals surface area (Å²) in [5.41, 5.74) is -0.702. The first-order valence-corrected chi connectivity index (χ1v) is 9.52. The molecular weight excluding hydrogens is 320 g/mol. The first-order chi connectivity index (χ1) is 12.0. The quantitative estimate of drug-likeness (QED) is 0.769. The zero-order valence-corrected chi connectivity index (χ0v) is 15.4. The van der Waals surface area contributed by atoms with Crippen molar-refractivity contribution >= 4 is 17.8 Å². The van der Waals surface area contributed by atoms with Crippen LogP contribution in [0.4, 0.5) is 4.79 Å². The number of rotatable bonds is 4. The lowest BCUT2D eigenvalue weighted by Gasteiger charge is -2.36. The van der Waals surface area contributed by atoms with Crippen molar-refractivity contribution in [2.45, 2.75) is 50.5 Å². The molecule has 0 aromatic heterocycles. The maximum atomic E-state index is 13.0. The van der Waals surface area contributed by atoms with Gasteiger partial charge in [-0.2, -0.15) is 0 Å². The normalized spacial score (nSPS) is 26.6. The highest BCUT2D eigenvalue weighted by atomic mass is 16.2. The van der Waals surface area contributed by atoms with Crippen LogP contribution in [-0.2, 0) is 9.59 Å². The van der Waals surface area contributed by atoms with Crippen LogP contribution in [0, 0.1) is 5.92 Å². The van der Waals surface area contributed by atoms with E-state index in [1.807, 2.05) is 11.9 Å². The van der Waals surface area contributed by atoms with E-state index in [1.54, 1.807) is 11.9 Å². The summed E-state index contributed by atoms with van der Waals surface area (Å²) < 4.78 is 0. The summed E-state index contributed by atoms with van der Waals surface area (Å²) in [6.07, 6.45) is 6.55. The van der Waals surface area contributed by atoms with Gasteiger partial charge in [-0.05, 0) is 45.2 Å². The van der Waals surface area contributed by atoms with Gasteiger partial charge in [-0.1, -0.05) is 19.3 Å². The lowest BCUT2D eigenvalue weighted by atomic mass is 9.81. The van der Waals surface area contributed by atoms with E-state index < -0.39 is 5.54 Å². The van der Waals surface area contributed by atoms with Crippen molar-refractivity contribution < 1.29 is 14.4 Å². The molecule has 1 spiro atoms. The topological polar surface area (TPSA) is 73.0 Å². The number of carbonyl (C=O) groups excluding carboxylic acids is 3. The maximum absolute atomic E-state index is 13.0. The predicted molar refractivity (Wildman–Crippen MR) is 93.9 cm³/mol. The number of nitrogens with zero attached hydrogens (tertiary/aromatic N) is 3. The highest BCUT2D eigenvalue weighted by Crippen LogP contribution is 2.39. The van der Waals surface area contributed by atoms with E-state index in [0.717, 1.165) is 45.2 Å². The molecule has 1 unspecified atom stereocenters. The molecule has 3 fully saturated rings. The molecule has 4 amide bonds. The van der Waals surface area contributed by atoms with Crippen LogP contribution >= 0.6 is 0 Å². The number of likely N-dealkylation sites (tertiary alicyclic amines) is 1. The molecule has 7 nitrogen and oxygen atoms in total. The van der Waals surface area contributed by atoms with Gasteiger partial charge < -0.3 is 15.1 Å². The molecule has 1 aliphatic carbocycles. The molecule has 1 N–H and O–H groups in total. The van der Waals surface area contributed by atoms with Crippen LogP contribution in [0.2, 0.25) is 0 Å². The lowest BCUT2D eigenvalue weighted by molar-refractivity contribution is -0.141. The van der Waals surface area contributed by atoms with Gasteiger partial charge in [-0.3, -0.25) is 14.5 Å². The molecule has 1 saturated carbocycles. The number of piperidine rings is 1. The second kappa shape index (κ2) is 7.32. The van der Waals surface area contributed by atoms with Crippen molar-refractivity contribution in [1.82, 2.24) is 20.0 Å². The van der Waals surface area contributed by atoms with Crippen molar-refractivity contribution in [2.75, 3.05) is 40.3 Å². The number of urea groups is 1. The first-order valence-electron chi connectivity index (χ1n) is 9.52. The number of carbonyl (C=O) groups is 3. The SMILES string of the molecule is CNCC1CCCN(C(=O)CN2C(=O)N(C)C3(CCCCC3)C2=O)C1. The van der Waals surface area contributed by atoms with E-state index in [1.165, 1.54) is 4.90 Å². The Morgan fingerprint density at radius 2 is 1.92 bits per heavy atom. The zero-order valence-electron chi connectivity index (χ0n) is 15.4. The number of hydrogen-bond donors (Lipinski definition) is 1. The number of imide groups is 1. The summed E-state index contributed by atoms with van der Waals surface area (Å²) in [5.74, 6) is 0.167. The third-order valence-corrected chi connectivity index (χ3v) is 6.14. The lowest BCUT2D eigenvalue weighted by Crippen LogP contribution is -2.50. The molecule has 3 aliphatic rings. The van der Waals surface area contributed by atoms with Crippen LogP contribution in [-0.4, -0.2) is 78.4 Å². The Labute approximate surface area is 149 Å². The van der Waals surface area contributed by atoms with Gasteiger partial charge >= 0.3 is 6.03 Å². The summed E-state index contributed by atoms with van der Waals surface area (Å²) in [4.78, 5) is 42.9. The van der Waals surface area contributed by atoms with Crippen LogP contribution in [0.25, 0.3) is 0 Å². The fourth-order valence-electron chi connectivity index (χ4n) is 4.65. The van der Waals surface area contributed by atoms with Crippen molar-refractivity contribution in [3.63, 3.8) is 0 Å². The molecule has 2 saturated heterocycles. The summed E-state index contributed by atoms with van der Waals surface area (Å²) in [5, 5.41) is 3.17. The summed E-state index contributed by atoms with van der Waals surface area (Å²) >= 11 is 0. The van der Waals surface area contributed by atoms with Crippen molar-refractivity contribution in [1.29, 1.82) is 0 Å². The summed E-state index contributed by atoms with van der Waals surface area (Å²) in [7, 11) is 3.63. The fraction of sp³-hybridized carbons (Fsp3) is 0.833. The Morgan fingerprint density at radius 3 is 2.60 bits per heavy atom. The zero-order chi connectivity index (χ0) is 18.0. The monoisotopic (exact) mass is 350 g/mol. The fourth-order valence-corrected chi connectivity index (χ4v) is 4.65. The molecule has 140 valence electrons. The van der Waals surface area contributed by atoms with E-state index in [0.29, 0.717) is 25.3 Å². The van der Waals surface area contributed by atoms with Gasteiger partial charge in [-0.25, -0.2) is 4.79 Å². The molecule has 25 heavy (non-hydrogen) atoms. The van der Waals surface area contributed by atoms with Crippen LogP contribution in [0.5, 0.6) is 0 Å². The largest absolute Gasteiger partial charge is 0.341 e. The van der Waals surface area contributed by atoms with Gasteiger partial charge in [0.1, 0.15) is 12.1 Å². The number of nitrogens with one attached hydrogen (secondary N) is 1. The molecule has 3 rings (SSSR count). The molecule has 0 aromatic rings. The van der Waals surface area contributed by atoms with E-state index >= 15 is 0 Å². The average Bonchev–Trinajstić information content (AvgIpc) is 2.79. The van der Waals surface area contributed by atoms with E-state index in [4.69, 9.17) is 0 Å². The summed E-state index contributed by atoms with van der Waals surface area (Å²) in [6.45, 7) is 2.19. The second-order valence-corrected chi connectivity index (χ2v) is 7.73. The highest BCUT2D eigenvalue weighted by molar-refractivity contribution is 6.08. The Bertz CT molecular complexity index is 542. The number of hydrogen-bond acceptors (Lipinski definition) is 4. The third kappa shape index (κ3) is 3.26. The minimum absolute atomic E-state index is 0.108. The van der Waals surface area contributed by atoms with Gasteiger partial charge in [0, 0.05) is 20.1 Å². The van der Waals surface area contributed by atoms with Gasteiger partial charge in [0.15, 0.2) is 0 Å². The predicted octanol–water partition coefficient (Wildman–Crippen LogP) is 1.04.